The van der Waals surface area contributed by atoms with Crippen molar-refractivity contribution >= 4 is 27.0 Å². The molecule has 3 nitrogen and oxygen atoms in total. The molecule has 21 heavy (non-hydrogen) atoms. The Morgan fingerprint density at radius 1 is 1.10 bits per heavy atom. The van der Waals surface area contributed by atoms with Gasteiger partial charge < -0.3 is 9.97 Å². The van der Waals surface area contributed by atoms with Gasteiger partial charge in [0.05, 0.1) is 11.0 Å². The van der Waals surface area contributed by atoms with Crippen LogP contribution in [0.4, 0.5) is 8.78 Å². The van der Waals surface area contributed by atoms with Crippen LogP contribution in [0.3, 0.4) is 0 Å². The van der Waals surface area contributed by atoms with Crippen LogP contribution in [0.15, 0.2) is 41.2 Å². The van der Waals surface area contributed by atoms with Crippen LogP contribution in [0.1, 0.15) is 16.0 Å². The molecule has 1 heterocycles. The molecule has 0 bridgehead atoms. The average molecular weight is 353 g/mol. The predicted octanol–water partition coefficient (Wildman–Crippen LogP) is 3.81. The van der Waals surface area contributed by atoms with Gasteiger partial charge in [0.1, 0.15) is 0 Å². The van der Waals surface area contributed by atoms with Crippen LogP contribution < -0.4 is 5.69 Å². The van der Waals surface area contributed by atoms with E-state index in [-0.39, 0.29) is 10.5 Å². The normalized spacial score (nSPS) is 12.7. The minimum absolute atomic E-state index is 0.184. The summed E-state index contributed by atoms with van der Waals surface area (Å²) >= 11 is 3.48. The third-order valence-electron chi connectivity index (χ3n) is 3.33. The van der Waals surface area contributed by atoms with E-state index >= 15 is 0 Å². The summed E-state index contributed by atoms with van der Waals surface area (Å²) in [6.07, 6.45) is 0.309. The highest BCUT2D eigenvalue weighted by Gasteiger charge is 2.14. The van der Waals surface area contributed by atoms with Gasteiger partial charge in [-0.1, -0.05) is 34.1 Å². The monoisotopic (exact) mass is 352 g/mol. The van der Waals surface area contributed by atoms with Crippen molar-refractivity contribution in [2.24, 2.45) is 0 Å². The number of fused-ring (bicyclic) bond motifs is 1. The number of aromatic amines is 2. The smallest absolute Gasteiger partial charge is 0.306 e. The molecule has 1 aromatic heterocycles. The molecule has 3 rings (SSSR count). The molecule has 0 radical (unpaired) electrons. The summed E-state index contributed by atoms with van der Waals surface area (Å²) in [6, 6.07) is 9.56. The lowest BCUT2D eigenvalue weighted by atomic mass is 10.0. The fourth-order valence-corrected chi connectivity index (χ4v) is 2.90. The van der Waals surface area contributed by atoms with Gasteiger partial charge in [0.2, 0.25) is 0 Å². The van der Waals surface area contributed by atoms with Crippen molar-refractivity contribution in [3.8, 4) is 0 Å². The Hall–Kier alpha value is -1.95. The zero-order chi connectivity index (χ0) is 15.0. The SMILES string of the molecule is O=c1[nH]c2ccc(C(Br)Cc3cccc(F)c3F)cc2[nH]1. The van der Waals surface area contributed by atoms with E-state index in [9.17, 15) is 13.6 Å². The summed E-state index contributed by atoms with van der Waals surface area (Å²) in [4.78, 5) is 16.4. The van der Waals surface area contributed by atoms with E-state index < -0.39 is 11.6 Å². The van der Waals surface area contributed by atoms with Crippen LogP contribution in [0.5, 0.6) is 0 Å². The van der Waals surface area contributed by atoms with Crippen LogP contribution in [-0.4, -0.2) is 9.97 Å². The maximum absolute atomic E-state index is 13.7. The van der Waals surface area contributed by atoms with Crippen LogP contribution in [-0.2, 0) is 6.42 Å². The summed E-state index contributed by atoms with van der Waals surface area (Å²) in [5.74, 6) is -1.67. The van der Waals surface area contributed by atoms with Crippen molar-refractivity contribution in [2.75, 3.05) is 0 Å². The molecular formula is C15H11BrF2N2O. The Balaban J connectivity index is 1.91. The first-order valence-corrected chi connectivity index (χ1v) is 7.25. The molecule has 108 valence electrons. The second-order valence-corrected chi connectivity index (χ2v) is 5.87. The molecule has 2 N–H and O–H groups in total. The maximum atomic E-state index is 13.7. The highest BCUT2D eigenvalue weighted by Crippen LogP contribution is 2.29. The molecule has 0 aliphatic heterocycles. The minimum atomic E-state index is -0.849. The maximum Gasteiger partial charge on any atom is 0.323 e. The molecule has 0 aliphatic rings. The molecule has 1 atom stereocenters. The van der Waals surface area contributed by atoms with Gasteiger partial charge >= 0.3 is 5.69 Å². The first kappa shape index (κ1) is 14.0. The first-order valence-electron chi connectivity index (χ1n) is 6.33. The first-order chi connectivity index (χ1) is 10.0. The van der Waals surface area contributed by atoms with Gasteiger partial charge in [0.25, 0.3) is 0 Å². The standard InChI is InChI=1S/C15H11BrF2N2O/c16-10(6-9-2-1-3-11(17)14(9)18)8-4-5-12-13(7-8)20-15(21)19-12/h1-5,7,10H,6H2,(H2,19,20,21). The Bertz CT molecular complexity index is 856. The number of halogens is 3. The second kappa shape index (κ2) is 5.44. The van der Waals surface area contributed by atoms with E-state index in [1.807, 2.05) is 12.1 Å². The van der Waals surface area contributed by atoms with E-state index in [0.717, 1.165) is 11.6 Å². The fraction of sp³-hybridized carbons (Fsp3) is 0.133. The molecule has 0 saturated carbocycles. The van der Waals surface area contributed by atoms with E-state index in [1.54, 1.807) is 12.1 Å². The summed E-state index contributed by atoms with van der Waals surface area (Å²) in [6.45, 7) is 0. The Labute approximate surface area is 127 Å². The van der Waals surface area contributed by atoms with Gasteiger partial charge in [-0.05, 0) is 35.7 Å². The quantitative estimate of drug-likeness (QED) is 0.691. The molecule has 2 aromatic carbocycles. The van der Waals surface area contributed by atoms with Crippen LogP contribution in [0.25, 0.3) is 11.0 Å². The van der Waals surface area contributed by atoms with Crippen molar-refractivity contribution in [2.45, 2.75) is 11.2 Å². The topological polar surface area (TPSA) is 48.6 Å². The van der Waals surface area contributed by atoms with Gasteiger partial charge in [-0.2, -0.15) is 0 Å². The number of nitrogens with one attached hydrogen (secondary N) is 2. The summed E-state index contributed by atoms with van der Waals surface area (Å²) in [5, 5.41) is 0. The molecule has 0 spiro atoms. The number of imidazole rings is 1. The third kappa shape index (κ3) is 2.76. The molecule has 0 aliphatic carbocycles. The number of hydrogen-bond donors (Lipinski definition) is 2. The minimum Gasteiger partial charge on any atom is -0.306 e. The highest BCUT2D eigenvalue weighted by atomic mass is 79.9. The number of rotatable bonds is 3. The molecule has 1 unspecified atom stereocenters. The summed E-state index contributed by atoms with van der Waals surface area (Å²) < 4.78 is 26.9. The van der Waals surface area contributed by atoms with Crippen LogP contribution in [0.2, 0.25) is 0 Å². The van der Waals surface area contributed by atoms with Gasteiger partial charge in [-0.3, -0.25) is 0 Å². The van der Waals surface area contributed by atoms with Crippen LogP contribution in [0, 0.1) is 11.6 Å². The van der Waals surface area contributed by atoms with Crippen molar-refractivity contribution in [3.63, 3.8) is 0 Å². The zero-order valence-electron chi connectivity index (χ0n) is 10.8. The number of benzene rings is 2. The lowest BCUT2D eigenvalue weighted by molar-refractivity contribution is 0.498. The van der Waals surface area contributed by atoms with E-state index in [2.05, 4.69) is 25.9 Å². The van der Waals surface area contributed by atoms with Crippen molar-refractivity contribution in [3.05, 3.63) is 69.6 Å². The average Bonchev–Trinajstić information content (AvgIpc) is 2.82. The van der Waals surface area contributed by atoms with Crippen molar-refractivity contribution < 1.29 is 8.78 Å². The lowest BCUT2D eigenvalue weighted by Gasteiger charge is -2.11. The lowest BCUT2D eigenvalue weighted by Crippen LogP contribution is -2.00. The van der Waals surface area contributed by atoms with Crippen LogP contribution >= 0.6 is 15.9 Å². The molecule has 3 aromatic rings. The summed E-state index contributed by atoms with van der Waals surface area (Å²) in [7, 11) is 0. The largest absolute Gasteiger partial charge is 0.323 e. The molecular weight excluding hydrogens is 342 g/mol. The number of aromatic nitrogens is 2. The van der Waals surface area contributed by atoms with E-state index in [4.69, 9.17) is 0 Å². The highest BCUT2D eigenvalue weighted by molar-refractivity contribution is 9.09. The summed E-state index contributed by atoms with van der Waals surface area (Å²) in [5.41, 5.74) is 2.30. The zero-order valence-corrected chi connectivity index (χ0v) is 12.4. The van der Waals surface area contributed by atoms with E-state index in [0.29, 0.717) is 23.0 Å². The van der Waals surface area contributed by atoms with Gasteiger partial charge in [0.15, 0.2) is 11.6 Å². The van der Waals surface area contributed by atoms with Gasteiger partial charge in [0, 0.05) is 4.83 Å². The van der Waals surface area contributed by atoms with Gasteiger partial charge in [-0.15, -0.1) is 0 Å². The van der Waals surface area contributed by atoms with Crippen molar-refractivity contribution in [1.82, 2.24) is 9.97 Å². The second-order valence-electron chi connectivity index (χ2n) is 4.77. The molecule has 0 fully saturated rings. The molecule has 0 amide bonds. The van der Waals surface area contributed by atoms with Gasteiger partial charge in [-0.25, -0.2) is 13.6 Å². The molecule has 0 saturated heterocycles. The predicted molar refractivity (Wildman–Crippen MR) is 80.6 cm³/mol. The fourth-order valence-electron chi connectivity index (χ4n) is 2.26. The Kier molecular flexibility index (Phi) is 3.63. The number of H-pyrrole nitrogens is 2. The Morgan fingerprint density at radius 3 is 2.67 bits per heavy atom. The van der Waals surface area contributed by atoms with Crippen molar-refractivity contribution in [1.29, 1.82) is 0 Å². The van der Waals surface area contributed by atoms with E-state index in [1.165, 1.54) is 6.07 Å². The number of alkyl halides is 1. The molecule has 6 heteroatoms. The third-order valence-corrected chi connectivity index (χ3v) is 4.18. The number of hydrogen-bond acceptors (Lipinski definition) is 1. The Morgan fingerprint density at radius 2 is 1.86 bits per heavy atom.